The molecule has 1 fully saturated rings. The molecule has 1 saturated carbocycles. The van der Waals surface area contributed by atoms with Crippen molar-refractivity contribution in [3.63, 3.8) is 0 Å². The van der Waals surface area contributed by atoms with Crippen LogP contribution < -0.4 is 15.7 Å². The minimum atomic E-state index is -0.425. The van der Waals surface area contributed by atoms with E-state index in [1.165, 1.54) is 23.8 Å². The number of halogens is 1. The molecule has 0 unspecified atom stereocenters. The van der Waals surface area contributed by atoms with Crippen LogP contribution in [0.25, 0.3) is 11.0 Å². The molecule has 4 rings (SSSR count). The molecule has 0 saturated heterocycles. The quantitative estimate of drug-likeness (QED) is 0.550. The molecule has 152 valence electrons. The van der Waals surface area contributed by atoms with E-state index in [0.717, 1.165) is 41.6 Å². The lowest BCUT2D eigenvalue weighted by Crippen LogP contribution is -2.20. The summed E-state index contributed by atoms with van der Waals surface area (Å²) in [6.45, 7) is 1.79. The fraction of sp³-hybridized carbons (Fsp3) is 0.400. The Balaban J connectivity index is 1.44. The highest BCUT2D eigenvalue weighted by molar-refractivity contribution is 7.15. The van der Waals surface area contributed by atoms with Gasteiger partial charge in [-0.05, 0) is 30.9 Å². The summed E-state index contributed by atoms with van der Waals surface area (Å²) >= 11 is 7.72. The fourth-order valence-electron chi connectivity index (χ4n) is 3.22. The van der Waals surface area contributed by atoms with E-state index in [-0.39, 0.29) is 18.3 Å². The maximum Gasteiger partial charge on any atom is 0.336 e. The number of ether oxygens (including phenoxy) is 1. The van der Waals surface area contributed by atoms with E-state index >= 15 is 0 Å². The van der Waals surface area contributed by atoms with Crippen LogP contribution in [0, 0.1) is 0 Å². The maximum atomic E-state index is 12.2. The highest BCUT2D eigenvalue weighted by Crippen LogP contribution is 2.38. The van der Waals surface area contributed by atoms with Crippen molar-refractivity contribution in [2.24, 2.45) is 0 Å². The number of amides is 1. The second-order valence-corrected chi connectivity index (χ2v) is 8.45. The smallest absolute Gasteiger partial charge is 0.336 e. The SMILES string of the molecule is CCCc1cc(=O)oc2cc(OCC(=O)Nc3nnc(C4CCC4)s3)c(Cl)cc12. The van der Waals surface area contributed by atoms with E-state index in [1.807, 2.05) is 6.92 Å². The average Bonchev–Trinajstić information content (AvgIpc) is 3.07. The van der Waals surface area contributed by atoms with Gasteiger partial charge in [0, 0.05) is 23.4 Å². The molecule has 1 aliphatic rings. The Bertz CT molecular complexity index is 1110. The van der Waals surface area contributed by atoms with Gasteiger partial charge in [-0.3, -0.25) is 10.1 Å². The van der Waals surface area contributed by atoms with Crippen molar-refractivity contribution in [2.75, 3.05) is 11.9 Å². The zero-order valence-electron chi connectivity index (χ0n) is 15.9. The van der Waals surface area contributed by atoms with Gasteiger partial charge in [0.2, 0.25) is 5.13 Å². The minimum absolute atomic E-state index is 0.248. The van der Waals surface area contributed by atoms with Crippen LogP contribution in [0.4, 0.5) is 5.13 Å². The van der Waals surface area contributed by atoms with Crippen molar-refractivity contribution >= 4 is 44.9 Å². The Labute approximate surface area is 176 Å². The molecule has 3 aromatic rings. The molecule has 29 heavy (non-hydrogen) atoms. The summed E-state index contributed by atoms with van der Waals surface area (Å²) in [4.78, 5) is 24.0. The number of hydrogen-bond acceptors (Lipinski definition) is 7. The van der Waals surface area contributed by atoms with E-state index in [4.69, 9.17) is 20.8 Å². The second kappa shape index (κ2) is 8.51. The molecule has 1 aromatic carbocycles. The highest BCUT2D eigenvalue weighted by Gasteiger charge is 2.23. The summed E-state index contributed by atoms with van der Waals surface area (Å²) < 4.78 is 10.8. The summed E-state index contributed by atoms with van der Waals surface area (Å²) in [5.41, 5.74) is 0.837. The maximum absolute atomic E-state index is 12.2. The van der Waals surface area contributed by atoms with Gasteiger partial charge >= 0.3 is 5.63 Å². The van der Waals surface area contributed by atoms with Gasteiger partial charge in [0.1, 0.15) is 16.3 Å². The van der Waals surface area contributed by atoms with Crippen molar-refractivity contribution in [2.45, 2.75) is 44.9 Å². The van der Waals surface area contributed by atoms with Crippen molar-refractivity contribution < 1.29 is 13.9 Å². The molecule has 2 aromatic heterocycles. The summed E-state index contributed by atoms with van der Waals surface area (Å²) in [7, 11) is 0. The molecule has 2 heterocycles. The van der Waals surface area contributed by atoms with Gasteiger partial charge in [-0.25, -0.2) is 4.79 Å². The first-order chi connectivity index (χ1) is 14.0. The van der Waals surface area contributed by atoms with Gasteiger partial charge in [-0.1, -0.05) is 42.7 Å². The molecule has 1 aliphatic carbocycles. The Morgan fingerprint density at radius 2 is 2.17 bits per heavy atom. The molecular formula is C20H20ClN3O4S. The zero-order valence-corrected chi connectivity index (χ0v) is 17.4. The third kappa shape index (κ3) is 4.43. The van der Waals surface area contributed by atoms with Gasteiger partial charge < -0.3 is 9.15 Å². The molecule has 0 aliphatic heterocycles. The largest absolute Gasteiger partial charge is 0.482 e. The summed E-state index contributed by atoms with van der Waals surface area (Å²) in [5, 5.41) is 13.4. The number of nitrogens with zero attached hydrogens (tertiary/aromatic N) is 2. The lowest BCUT2D eigenvalue weighted by molar-refractivity contribution is -0.118. The lowest BCUT2D eigenvalue weighted by Gasteiger charge is -2.21. The molecule has 1 amide bonds. The average molecular weight is 434 g/mol. The number of fused-ring (bicyclic) bond motifs is 1. The Kier molecular flexibility index (Phi) is 5.82. The lowest BCUT2D eigenvalue weighted by atomic mass is 9.86. The number of carbonyl (C=O) groups excluding carboxylic acids is 1. The van der Waals surface area contributed by atoms with Gasteiger partial charge in [0.05, 0.1) is 5.02 Å². The first-order valence-corrected chi connectivity index (χ1v) is 10.7. The van der Waals surface area contributed by atoms with Crippen molar-refractivity contribution in [3.05, 3.63) is 44.2 Å². The zero-order chi connectivity index (χ0) is 20.4. The number of nitrogens with one attached hydrogen (secondary N) is 1. The number of carbonyl (C=O) groups is 1. The number of rotatable bonds is 7. The van der Waals surface area contributed by atoms with Gasteiger partial charge in [0.15, 0.2) is 6.61 Å². The Morgan fingerprint density at radius 3 is 2.90 bits per heavy atom. The van der Waals surface area contributed by atoms with Crippen LogP contribution in [0.15, 0.2) is 27.4 Å². The van der Waals surface area contributed by atoms with Crippen molar-refractivity contribution in [3.8, 4) is 5.75 Å². The molecule has 0 atom stereocenters. The van der Waals surface area contributed by atoms with Crippen LogP contribution in [0.2, 0.25) is 5.02 Å². The molecular weight excluding hydrogens is 414 g/mol. The third-order valence-corrected chi connectivity index (χ3v) is 6.20. The highest BCUT2D eigenvalue weighted by atomic mass is 35.5. The first-order valence-electron chi connectivity index (χ1n) is 9.56. The monoisotopic (exact) mass is 433 g/mol. The van der Waals surface area contributed by atoms with Crippen LogP contribution in [0.5, 0.6) is 5.75 Å². The predicted molar refractivity (Wildman–Crippen MR) is 112 cm³/mol. The van der Waals surface area contributed by atoms with Gasteiger partial charge in [-0.15, -0.1) is 10.2 Å². The van der Waals surface area contributed by atoms with Crippen molar-refractivity contribution in [1.82, 2.24) is 10.2 Å². The van der Waals surface area contributed by atoms with Gasteiger partial charge in [-0.2, -0.15) is 0 Å². The molecule has 1 N–H and O–H groups in total. The summed E-state index contributed by atoms with van der Waals surface area (Å²) in [5.74, 6) is 0.384. The number of aromatic nitrogens is 2. The molecule has 9 heteroatoms. The van der Waals surface area contributed by atoms with Crippen LogP contribution in [-0.2, 0) is 11.2 Å². The number of aryl methyl sites for hydroxylation is 1. The molecule has 0 bridgehead atoms. The van der Waals surface area contributed by atoms with E-state index in [0.29, 0.717) is 21.7 Å². The standard InChI is InChI=1S/C20H20ClN3O4S/c1-2-4-12-7-18(26)28-15-9-16(14(21)8-13(12)15)27-10-17(25)22-20-24-23-19(29-20)11-5-3-6-11/h7-9,11H,2-6,10H2,1H3,(H,22,24,25). The van der Waals surface area contributed by atoms with E-state index < -0.39 is 5.63 Å². The third-order valence-electron chi connectivity index (χ3n) is 4.90. The Morgan fingerprint density at radius 1 is 1.34 bits per heavy atom. The van der Waals surface area contributed by atoms with Crippen LogP contribution in [-0.4, -0.2) is 22.7 Å². The van der Waals surface area contributed by atoms with E-state index in [1.54, 1.807) is 12.1 Å². The van der Waals surface area contributed by atoms with Crippen LogP contribution >= 0.6 is 22.9 Å². The number of hydrogen-bond donors (Lipinski definition) is 1. The van der Waals surface area contributed by atoms with Gasteiger partial charge in [0.25, 0.3) is 5.91 Å². The Hall–Kier alpha value is -2.45. The normalized spacial score (nSPS) is 14.0. The molecule has 0 radical (unpaired) electrons. The van der Waals surface area contributed by atoms with E-state index in [2.05, 4.69) is 15.5 Å². The second-order valence-electron chi connectivity index (χ2n) is 7.03. The summed E-state index contributed by atoms with van der Waals surface area (Å²) in [6.07, 6.45) is 5.10. The predicted octanol–water partition coefficient (Wildman–Crippen LogP) is 4.54. The van der Waals surface area contributed by atoms with Crippen molar-refractivity contribution in [1.29, 1.82) is 0 Å². The minimum Gasteiger partial charge on any atom is -0.482 e. The number of benzene rings is 1. The summed E-state index contributed by atoms with van der Waals surface area (Å²) in [6, 6.07) is 4.73. The first kappa shape index (κ1) is 19.8. The molecule has 7 nitrogen and oxygen atoms in total. The van der Waals surface area contributed by atoms with E-state index in [9.17, 15) is 9.59 Å². The number of anilines is 1. The fourth-order valence-corrected chi connectivity index (χ4v) is 4.37. The molecule has 0 spiro atoms. The topological polar surface area (TPSA) is 94.3 Å². The van der Waals surface area contributed by atoms with Crippen LogP contribution in [0.3, 0.4) is 0 Å². The van der Waals surface area contributed by atoms with Crippen LogP contribution in [0.1, 0.15) is 49.1 Å².